The van der Waals surface area contributed by atoms with E-state index in [0.717, 1.165) is 16.8 Å². The molecule has 0 saturated carbocycles. The van der Waals surface area contributed by atoms with Crippen LogP contribution >= 0.6 is 11.6 Å². The average molecular weight is 451 g/mol. The van der Waals surface area contributed by atoms with Gasteiger partial charge < -0.3 is 15.1 Å². The van der Waals surface area contributed by atoms with E-state index >= 15 is 0 Å². The lowest BCUT2D eigenvalue weighted by atomic mass is 10.0. The normalized spacial score (nSPS) is 15.4. The van der Waals surface area contributed by atoms with Gasteiger partial charge in [-0.25, -0.2) is 5.01 Å². The van der Waals surface area contributed by atoms with E-state index in [2.05, 4.69) is 15.7 Å². The Morgan fingerprint density at radius 2 is 1.97 bits per heavy atom. The van der Waals surface area contributed by atoms with Crippen LogP contribution in [0.25, 0.3) is 0 Å². The molecule has 1 aliphatic heterocycles. The number of hydrogen-bond donors (Lipinski definition) is 2. The number of carbonyl (C=O) groups excluding carboxylic acids is 2. The van der Waals surface area contributed by atoms with Crippen molar-refractivity contribution < 1.29 is 14.0 Å². The Kier molecular flexibility index (Phi) is 6.28. The molecule has 1 aliphatic rings. The van der Waals surface area contributed by atoms with Gasteiger partial charge in [-0.3, -0.25) is 9.59 Å². The van der Waals surface area contributed by atoms with Gasteiger partial charge in [0, 0.05) is 19.0 Å². The fourth-order valence-corrected chi connectivity index (χ4v) is 3.74. The van der Waals surface area contributed by atoms with Crippen LogP contribution in [0.2, 0.25) is 5.02 Å². The van der Waals surface area contributed by atoms with Crippen molar-refractivity contribution in [3.63, 3.8) is 0 Å². The van der Waals surface area contributed by atoms with E-state index in [4.69, 9.17) is 16.0 Å². The van der Waals surface area contributed by atoms with Crippen molar-refractivity contribution in [2.24, 2.45) is 5.10 Å². The van der Waals surface area contributed by atoms with E-state index in [1.165, 1.54) is 11.9 Å². The van der Waals surface area contributed by atoms with E-state index in [1.54, 1.807) is 30.5 Å². The monoisotopic (exact) mass is 450 g/mol. The highest BCUT2D eigenvalue weighted by molar-refractivity contribution is 6.33. The van der Waals surface area contributed by atoms with E-state index in [0.29, 0.717) is 28.6 Å². The van der Waals surface area contributed by atoms with E-state index in [1.807, 2.05) is 37.3 Å². The van der Waals surface area contributed by atoms with Crippen molar-refractivity contribution in [2.75, 3.05) is 17.2 Å². The van der Waals surface area contributed by atoms with E-state index < -0.39 is 0 Å². The molecule has 0 aliphatic carbocycles. The van der Waals surface area contributed by atoms with Gasteiger partial charge in [0.1, 0.15) is 11.8 Å². The zero-order chi connectivity index (χ0) is 22.7. The smallest absolute Gasteiger partial charge is 0.262 e. The van der Waals surface area contributed by atoms with Crippen molar-refractivity contribution in [3.8, 4) is 0 Å². The summed E-state index contributed by atoms with van der Waals surface area (Å²) in [5.41, 5.74) is 4.09. The highest BCUT2D eigenvalue weighted by atomic mass is 35.5. The Morgan fingerprint density at radius 3 is 2.66 bits per heavy atom. The molecule has 1 unspecified atom stereocenters. The Bertz CT molecular complexity index is 1160. The van der Waals surface area contributed by atoms with Crippen molar-refractivity contribution in [2.45, 2.75) is 26.3 Å². The molecule has 4 rings (SSSR count). The summed E-state index contributed by atoms with van der Waals surface area (Å²) in [6.45, 7) is 3.43. The van der Waals surface area contributed by atoms with Crippen LogP contribution in [0.15, 0.2) is 70.4 Å². The van der Waals surface area contributed by atoms with Crippen LogP contribution in [0.1, 0.15) is 36.3 Å². The Morgan fingerprint density at radius 1 is 1.19 bits per heavy atom. The molecular weight excluding hydrogens is 428 g/mol. The van der Waals surface area contributed by atoms with Gasteiger partial charge in [0.15, 0.2) is 0 Å². The summed E-state index contributed by atoms with van der Waals surface area (Å²) >= 11 is 6.26. The highest BCUT2D eigenvalue weighted by Gasteiger charge is 2.34. The molecule has 0 spiro atoms. The molecule has 3 aromatic rings. The minimum atomic E-state index is -0.322. The summed E-state index contributed by atoms with van der Waals surface area (Å²) in [5.74, 6) is 0.259. The zero-order valence-electron chi connectivity index (χ0n) is 17.8. The topological polar surface area (TPSA) is 86.9 Å². The molecule has 32 heavy (non-hydrogen) atoms. The number of benzene rings is 2. The van der Waals surface area contributed by atoms with Gasteiger partial charge in [-0.05, 0) is 42.8 Å². The molecule has 1 atom stereocenters. The van der Waals surface area contributed by atoms with Crippen molar-refractivity contribution >= 4 is 40.5 Å². The number of amides is 2. The number of hydrogen-bond acceptors (Lipinski definition) is 5. The quantitative estimate of drug-likeness (QED) is 0.553. The second-order valence-electron chi connectivity index (χ2n) is 7.62. The third-order valence-electron chi connectivity index (χ3n) is 5.14. The molecule has 2 heterocycles. The molecule has 7 nitrogen and oxygen atoms in total. The largest absolute Gasteiger partial charge is 0.467 e. The summed E-state index contributed by atoms with van der Waals surface area (Å²) in [6, 6.07) is 16.4. The Hall–Kier alpha value is -3.58. The first kappa shape index (κ1) is 21.6. The van der Waals surface area contributed by atoms with Gasteiger partial charge in [-0.1, -0.05) is 41.4 Å². The minimum absolute atomic E-state index is 0.0227. The SMILES string of the molecule is CC(=O)Nc1ccc(Cl)c(NCC(=O)N2N=C(c3ccc(C)cc3)CC2c2ccco2)c1. The predicted molar refractivity (Wildman–Crippen MR) is 125 cm³/mol. The van der Waals surface area contributed by atoms with Gasteiger partial charge in [-0.15, -0.1) is 0 Å². The lowest BCUT2D eigenvalue weighted by molar-refractivity contribution is -0.131. The fourth-order valence-electron chi connectivity index (χ4n) is 3.56. The number of nitrogens with one attached hydrogen (secondary N) is 2. The van der Waals surface area contributed by atoms with E-state index in [9.17, 15) is 9.59 Å². The maximum absolute atomic E-state index is 13.1. The molecule has 164 valence electrons. The molecule has 0 saturated heterocycles. The zero-order valence-corrected chi connectivity index (χ0v) is 18.5. The maximum Gasteiger partial charge on any atom is 0.262 e. The van der Waals surface area contributed by atoms with Crippen LogP contribution in [-0.4, -0.2) is 29.1 Å². The molecule has 0 fully saturated rings. The number of anilines is 2. The fraction of sp³-hybridized carbons (Fsp3) is 0.208. The van der Waals surface area contributed by atoms with Crippen LogP contribution < -0.4 is 10.6 Å². The number of carbonyl (C=O) groups is 2. The number of nitrogens with zero attached hydrogens (tertiary/aromatic N) is 2. The molecule has 0 bridgehead atoms. The third-order valence-corrected chi connectivity index (χ3v) is 5.47. The van der Waals surface area contributed by atoms with Gasteiger partial charge in [0.25, 0.3) is 5.91 Å². The third kappa shape index (κ3) is 4.84. The summed E-state index contributed by atoms with van der Waals surface area (Å²) in [4.78, 5) is 24.4. The number of halogens is 1. The highest BCUT2D eigenvalue weighted by Crippen LogP contribution is 2.33. The number of rotatable bonds is 6. The first-order valence-electron chi connectivity index (χ1n) is 10.2. The number of furan rings is 1. The minimum Gasteiger partial charge on any atom is -0.467 e. The lowest BCUT2D eigenvalue weighted by Gasteiger charge is -2.20. The van der Waals surface area contributed by atoms with E-state index in [-0.39, 0.29) is 24.4 Å². The van der Waals surface area contributed by atoms with Crippen molar-refractivity contribution in [3.05, 3.63) is 82.8 Å². The van der Waals surface area contributed by atoms with Crippen LogP contribution in [0, 0.1) is 6.92 Å². The summed E-state index contributed by atoms with van der Waals surface area (Å²) in [7, 11) is 0. The van der Waals surface area contributed by atoms with Crippen LogP contribution in [0.4, 0.5) is 11.4 Å². The van der Waals surface area contributed by atoms with Gasteiger partial charge >= 0.3 is 0 Å². The summed E-state index contributed by atoms with van der Waals surface area (Å²) in [6.07, 6.45) is 2.15. The number of aryl methyl sites for hydroxylation is 1. The molecule has 2 aromatic carbocycles. The van der Waals surface area contributed by atoms with Crippen LogP contribution in [0.5, 0.6) is 0 Å². The Balaban J connectivity index is 1.53. The van der Waals surface area contributed by atoms with Crippen LogP contribution in [-0.2, 0) is 9.59 Å². The second kappa shape index (κ2) is 9.28. The lowest BCUT2D eigenvalue weighted by Crippen LogP contribution is -2.32. The van der Waals surface area contributed by atoms with Gasteiger partial charge in [-0.2, -0.15) is 5.10 Å². The molecule has 1 aromatic heterocycles. The first-order chi connectivity index (χ1) is 15.4. The van der Waals surface area contributed by atoms with Crippen LogP contribution in [0.3, 0.4) is 0 Å². The second-order valence-corrected chi connectivity index (χ2v) is 8.02. The molecule has 2 amide bonds. The molecular formula is C24H23ClN4O3. The molecule has 8 heteroatoms. The maximum atomic E-state index is 13.1. The van der Waals surface area contributed by atoms with Crippen molar-refractivity contribution in [1.82, 2.24) is 5.01 Å². The van der Waals surface area contributed by atoms with Gasteiger partial charge in [0.2, 0.25) is 5.91 Å². The molecule has 0 radical (unpaired) electrons. The molecule has 2 N–H and O–H groups in total. The number of hydrazone groups is 1. The van der Waals surface area contributed by atoms with Crippen molar-refractivity contribution in [1.29, 1.82) is 0 Å². The predicted octanol–water partition coefficient (Wildman–Crippen LogP) is 4.99. The summed E-state index contributed by atoms with van der Waals surface area (Å²) < 4.78 is 5.59. The average Bonchev–Trinajstić information content (AvgIpc) is 3.44. The Labute approximate surface area is 191 Å². The van der Waals surface area contributed by atoms with Gasteiger partial charge in [0.05, 0.1) is 29.2 Å². The standard InChI is InChI=1S/C24H23ClN4O3/c1-15-5-7-17(8-6-15)20-13-22(23-4-3-11-32-23)29(28-20)24(31)14-26-21-12-18(27-16(2)30)9-10-19(21)25/h3-12,22,26H,13-14H2,1-2H3,(H,27,30). The summed E-state index contributed by atoms with van der Waals surface area (Å²) in [5, 5.41) is 12.3. The first-order valence-corrected chi connectivity index (χ1v) is 10.6.